The number of rotatable bonds is 3. The molecule has 0 aromatic carbocycles. The third kappa shape index (κ3) is 4.08. The number of aromatic nitrogens is 2. The van der Waals surface area contributed by atoms with Gasteiger partial charge in [0.15, 0.2) is 0 Å². The topological polar surface area (TPSA) is 61.4 Å². The lowest BCUT2D eigenvalue weighted by Gasteiger charge is -2.35. The molecule has 1 aliphatic heterocycles. The number of piperidine rings is 1. The third-order valence-corrected chi connectivity index (χ3v) is 3.86. The Balaban J connectivity index is 2.04. The molecular formula is C16H27N5O. The molecule has 0 radical (unpaired) electrons. The van der Waals surface area contributed by atoms with Gasteiger partial charge in [-0.05, 0) is 12.8 Å². The molecule has 1 N–H and O–H groups in total. The van der Waals surface area contributed by atoms with Crippen molar-refractivity contribution in [1.82, 2.24) is 15.3 Å². The summed E-state index contributed by atoms with van der Waals surface area (Å²) in [6, 6.07) is 2.17. The number of nitrogens with one attached hydrogen (secondary N) is 1. The first-order valence-corrected chi connectivity index (χ1v) is 7.82. The van der Waals surface area contributed by atoms with Gasteiger partial charge in [-0.25, -0.2) is 9.97 Å². The lowest BCUT2D eigenvalue weighted by Crippen LogP contribution is -2.50. The van der Waals surface area contributed by atoms with E-state index in [1.54, 1.807) is 6.33 Å². The van der Waals surface area contributed by atoms with Gasteiger partial charge in [0.1, 0.15) is 18.0 Å². The van der Waals surface area contributed by atoms with Crippen molar-refractivity contribution in [3.8, 4) is 0 Å². The van der Waals surface area contributed by atoms with E-state index in [2.05, 4.69) is 20.2 Å². The maximum absolute atomic E-state index is 12.2. The Labute approximate surface area is 132 Å². The highest BCUT2D eigenvalue weighted by Gasteiger charge is 2.27. The predicted octanol–water partition coefficient (Wildman–Crippen LogP) is 1.67. The molecule has 2 rings (SSSR count). The minimum Gasteiger partial charge on any atom is -0.363 e. The van der Waals surface area contributed by atoms with Crippen molar-refractivity contribution in [3.05, 3.63) is 12.4 Å². The van der Waals surface area contributed by atoms with Crippen LogP contribution in [0.1, 0.15) is 33.6 Å². The molecule has 0 aliphatic carbocycles. The first-order valence-electron chi connectivity index (χ1n) is 7.82. The van der Waals surface area contributed by atoms with Gasteiger partial charge in [-0.3, -0.25) is 4.79 Å². The van der Waals surface area contributed by atoms with Crippen LogP contribution in [0.2, 0.25) is 0 Å². The van der Waals surface area contributed by atoms with Crippen LogP contribution in [0.25, 0.3) is 0 Å². The van der Waals surface area contributed by atoms with Crippen molar-refractivity contribution < 1.29 is 4.79 Å². The van der Waals surface area contributed by atoms with Gasteiger partial charge in [0.2, 0.25) is 5.91 Å². The number of nitrogens with zero attached hydrogens (tertiary/aromatic N) is 4. The third-order valence-electron chi connectivity index (χ3n) is 3.86. The van der Waals surface area contributed by atoms with Crippen molar-refractivity contribution in [2.75, 3.05) is 37.0 Å². The Hall–Kier alpha value is -1.85. The average Bonchev–Trinajstić information content (AvgIpc) is 2.46. The van der Waals surface area contributed by atoms with Crippen LogP contribution in [-0.4, -0.2) is 49.1 Å². The minimum absolute atomic E-state index is 0.107. The van der Waals surface area contributed by atoms with E-state index >= 15 is 0 Å². The van der Waals surface area contributed by atoms with Gasteiger partial charge in [-0.15, -0.1) is 0 Å². The van der Waals surface area contributed by atoms with Gasteiger partial charge >= 0.3 is 0 Å². The normalized spacial score (nSPS) is 19.0. The Morgan fingerprint density at radius 1 is 1.36 bits per heavy atom. The van der Waals surface area contributed by atoms with Gasteiger partial charge in [0.05, 0.1) is 0 Å². The van der Waals surface area contributed by atoms with Crippen LogP contribution in [0.5, 0.6) is 0 Å². The van der Waals surface area contributed by atoms with E-state index in [-0.39, 0.29) is 17.4 Å². The second-order valence-corrected chi connectivity index (χ2v) is 7.14. The molecule has 1 unspecified atom stereocenters. The van der Waals surface area contributed by atoms with Crippen molar-refractivity contribution in [2.24, 2.45) is 5.41 Å². The fraction of sp³-hybridized carbons (Fsp3) is 0.688. The smallest absolute Gasteiger partial charge is 0.225 e. The van der Waals surface area contributed by atoms with Crippen LogP contribution in [0.4, 0.5) is 11.6 Å². The number of anilines is 2. The maximum atomic E-state index is 12.2. The number of hydrogen-bond donors (Lipinski definition) is 1. The Kier molecular flexibility index (Phi) is 4.88. The molecule has 22 heavy (non-hydrogen) atoms. The van der Waals surface area contributed by atoms with E-state index in [0.29, 0.717) is 0 Å². The average molecular weight is 305 g/mol. The van der Waals surface area contributed by atoms with Crippen molar-refractivity contribution >= 4 is 17.5 Å². The minimum atomic E-state index is -0.352. The molecule has 2 heterocycles. The van der Waals surface area contributed by atoms with Crippen LogP contribution < -0.4 is 15.1 Å². The summed E-state index contributed by atoms with van der Waals surface area (Å²) in [5, 5.41) is 3.16. The summed E-state index contributed by atoms with van der Waals surface area (Å²) in [5.41, 5.74) is -0.352. The molecule has 1 aromatic heterocycles. The van der Waals surface area contributed by atoms with Crippen molar-refractivity contribution in [3.63, 3.8) is 0 Å². The van der Waals surface area contributed by atoms with Crippen LogP contribution >= 0.6 is 0 Å². The van der Waals surface area contributed by atoms with Crippen molar-refractivity contribution in [1.29, 1.82) is 0 Å². The second kappa shape index (κ2) is 6.50. The molecule has 1 atom stereocenters. The Morgan fingerprint density at radius 3 is 2.73 bits per heavy atom. The van der Waals surface area contributed by atoms with Crippen LogP contribution in [0, 0.1) is 5.41 Å². The first kappa shape index (κ1) is 16.5. The molecular weight excluding hydrogens is 278 g/mol. The summed E-state index contributed by atoms with van der Waals surface area (Å²) in [4.78, 5) is 25.0. The maximum Gasteiger partial charge on any atom is 0.225 e. The number of amides is 1. The lowest BCUT2D eigenvalue weighted by atomic mass is 9.94. The highest BCUT2D eigenvalue weighted by atomic mass is 16.2. The first-order chi connectivity index (χ1) is 10.3. The van der Waals surface area contributed by atoms with E-state index in [4.69, 9.17) is 0 Å². The molecule has 1 fully saturated rings. The van der Waals surface area contributed by atoms with Crippen molar-refractivity contribution in [2.45, 2.75) is 39.7 Å². The highest BCUT2D eigenvalue weighted by Crippen LogP contribution is 2.21. The summed E-state index contributed by atoms with van der Waals surface area (Å²) in [6.07, 6.45) is 3.67. The molecule has 0 spiro atoms. The zero-order valence-corrected chi connectivity index (χ0v) is 14.3. The van der Waals surface area contributed by atoms with Crippen LogP contribution in [-0.2, 0) is 4.79 Å². The molecule has 0 saturated carbocycles. The SMILES string of the molecule is CN(C)c1cc(N2CCCC(NC(=O)C(C)(C)C)C2)ncn1. The molecule has 1 aromatic rings. The van der Waals surface area contributed by atoms with Gasteiger partial charge in [0.25, 0.3) is 0 Å². The van der Waals surface area contributed by atoms with Crippen LogP contribution in [0.15, 0.2) is 12.4 Å². The molecule has 1 amide bonds. The zero-order valence-electron chi connectivity index (χ0n) is 14.3. The number of carbonyl (C=O) groups excluding carboxylic acids is 1. The van der Waals surface area contributed by atoms with Gasteiger partial charge < -0.3 is 15.1 Å². The molecule has 6 heteroatoms. The standard InChI is InChI=1S/C16H27N5O/c1-16(2,3)15(22)19-12-7-6-8-21(10-12)14-9-13(20(4)5)17-11-18-14/h9,11-12H,6-8,10H2,1-5H3,(H,19,22). The molecule has 122 valence electrons. The number of hydrogen-bond acceptors (Lipinski definition) is 5. The quantitative estimate of drug-likeness (QED) is 0.920. The van der Waals surface area contributed by atoms with Gasteiger partial charge in [0, 0.05) is 44.7 Å². The summed E-state index contributed by atoms with van der Waals surface area (Å²) >= 11 is 0. The molecule has 1 aliphatic rings. The van der Waals surface area contributed by atoms with E-state index in [1.165, 1.54) is 0 Å². The highest BCUT2D eigenvalue weighted by molar-refractivity contribution is 5.81. The van der Waals surface area contributed by atoms with E-state index in [0.717, 1.165) is 37.6 Å². The molecule has 6 nitrogen and oxygen atoms in total. The molecule has 1 saturated heterocycles. The monoisotopic (exact) mass is 305 g/mol. The van der Waals surface area contributed by atoms with Gasteiger partial charge in [-0.1, -0.05) is 20.8 Å². The predicted molar refractivity (Wildman–Crippen MR) is 89.2 cm³/mol. The Bertz CT molecular complexity index is 524. The fourth-order valence-corrected chi connectivity index (χ4v) is 2.46. The summed E-state index contributed by atoms with van der Waals surface area (Å²) in [5.74, 6) is 1.93. The largest absolute Gasteiger partial charge is 0.363 e. The Morgan fingerprint density at radius 2 is 2.09 bits per heavy atom. The zero-order chi connectivity index (χ0) is 16.3. The van der Waals surface area contributed by atoms with Gasteiger partial charge in [-0.2, -0.15) is 0 Å². The summed E-state index contributed by atoms with van der Waals surface area (Å²) < 4.78 is 0. The molecule has 0 bridgehead atoms. The summed E-state index contributed by atoms with van der Waals surface area (Å²) in [6.45, 7) is 7.58. The fourth-order valence-electron chi connectivity index (χ4n) is 2.46. The second-order valence-electron chi connectivity index (χ2n) is 7.14. The van der Waals surface area contributed by atoms with E-state index in [9.17, 15) is 4.79 Å². The van der Waals surface area contributed by atoms with E-state index < -0.39 is 0 Å². The summed E-state index contributed by atoms with van der Waals surface area (Å²) in [7, 11) is 3.93. The van der Waals surface area contributed by atoms with Crippen LogP contribution in [0.3, 0.4) is 0 Å². The van der Waals surface area contributed by atoms with E-state index in [1.807, 2.05) is 45.8 Å². The lowest BCUT2D eigenvalue weighted by molar-refractivity contribution is -0.129. The number of carbonyl (C=O) groups is 1.